The number of hydrogen-bond donors (Lipinski definition) is 1. The summed E-state index contributed by atoms with van der Waals surface area (Å²) in [6.07, 6.45) is 5.00. The molecule has 0 bridgehead atoms. The number of carbonyl (C=O) groups is 1. The zero-order chi connectivity index (χ0) is 20.5. The van der Waals surface area contributed by atoms with Crippen LogP contribution in [0.5, 0.6) is 5.75 Å². The Morgan fingerprint density at radius 3 is 2.61 bits per heavy atom. The second-order valence-electron chi connectivity index (χ2n) is 6.45. The van der Waals surface area contributed by atoms with Gasteiger partial charge in [0.05, 0.1) is 10.0 Å². The maximum absolute atomic E-state index is 12.2. The molecule has 0 spiro atoms. The Hall–Kier alpha value is -2.17. The first kappa shape index (κ1) is 22.1. The van der Waals surface area contributed by atoms with Gasteiger partial charge < -0.3 is 5.11 Å². The third-order valence-electron chi connectivity index (χ3n) is 4.36. The number of benzene rings is 2. The van der Waals surface area contributed by atoms with E-state index in [-0.39, 0.29) is 11.5 Å². The summed E-state index contributed by atoms with van der Waals surface area (Å²) in [5.41, 5.74) is 2.19. The normalized spacial score (nSPS) is 12.7. The quantitative estimate of drug-likeness (QED) is 0.420. The summed E-state index contributed by atoms with van der Waals surface area (Å²) < 4.78 is 0. The molecule has 28 heavy (non-hydrogen) atoms. The van der Waals surface area contributed by atoms with E-state index in [1.807, 2.05) is 38.1 Å². The van der Waals surface area contributed by atoms with Gasteiger partial charge in [0.1, 0.15) is 11.8 Å². The number of carbonyl (C=O) groups excluding carboxylic acids is 1. The molecular weight excluding hydrogens is 395 g/mol. The van der Waals surface area contributed by atoms with Crippen molar-refractivity contribution in [2.75, 3.05) is 6.54 Å². The number of ketones is 1. The Labute approximate surface area is 175 Å². The Bertz CT molecular complexity index is 879. The molecule has 2 aromatic rings. The first-order valence-electron chi connectivity index (χ1n) is 9.22. The minimum atomic E-state index is -0.428. The van der Waals surface area contributed by atoms with Crippen LogP contribution >= 0.6 is 23.2 Å². The van der Waals surface area contributed by atoms with E-state index in [1.54, 1.807) is 24.6 Å². The molecule has 0 aliphatic heterocycles. The van der Waals surface area contributed by atoms with Crippen LogP contribution in [0.1, 0.15) is 42.9 Å². The first-order chi connectivity index (χ1) is 13.4. The van der Waals surface area contributed by atoms with E-state index in [1.165, 1.54) is 0 Å². The van der Waals surface area contributed by atoms with Crippen LogP contribution < -0.4 is 0 Å². The van der Waals surface area contributed by atoms with Gasteiger partial charge in [0.25, 0.3) is 0 Å². The van der Waals surface area contributed by atoms with Gasteiger partial charge in [0, 0.05) is 36.5 Å². The van der Waals surface area contributed by atoms with Crippen molar-refractivity contribution < 1.29 is 9.90 Å². The van der Waals surface area contributed by atoms with Crippen molar-refractivity contribution in [3.8, 4) is 5.75 Å². The number of rotatable bonds is 9. The number of para-hydroxylation sites is 1. The van der Waals surface area contributed by atoms with E-state index >= 15 is 0 Å². The summed E-state index contributed by atoms with van der Waals surface area (Å²) in [4.78, 5) is 21.0. The lowest BCUT2D eigenvalue weighted by Gasteiger charge is -2.10. The summed E-state index contributed by atoms with van der Waals surface area (Å²) in [5.74, 6) is 0.322. The van der Waals surface area contributed by atoms with E-state index in [0.717, 1.165) is 5.56 Å². The molecule has 0 saturated carbocycles. The molecule has 1 atom stereocenters. The molecule has 0 aliphatic carbocycles. The van der Waals surface area contributed by atoms with E-state index < -0.39 is 6.04 Å². The van der Waals surface area contributed by atoms with Crippen molar-refractivity contribution in [1.82, 2.24) is 0 Å². The lowest BCUT2D eigenvalue weighted by atomic mass is 10.1. The van der Waals surface area contributed by atoms with Gasteiger partial charge in [-0.15, -0.1) is 0 Å². The van der Waals surface area contributed by atoms with Crippen molar-refractivity contribution in [3.63, 3.8) is 0 Å². The molecule has 0 amide bonds. The number of halogens is 2. The molecule has 4 nitrogen and oxygen atoms in total. The topological polar surface area (TPSA) is 62.0 Å². The second kappa shape index (κ2) is 11.0. The summed E-state index contributed by atoms with van der Waals surface area (Å²) in [7, 11) is 0. The molecule has 1 unspecified atom stereocenters. The SMILES string of the molecule is CCC(=O)C(CCCN=Cc1cccc(C)c1O)N=Cc1cccc(Cl)c1Cl. The maximum atomic E-state index is 12.2. The van der Waals surface area contributed by atoms with Gasteiger partial charge in [-0.25, -0.2) is 0 Å². The number of Topliss-reactive ketones (excluding diaryl/α,β-unsaturated/α-hetero) is 1. The third-order valence-corrected chi connectivity index (χ3v) is 5.19. The molecule has 0 aromatic heterocycles. The smallest absolute Gasteiger partial charge is 0.157 e. The van der Waals surface area contributed by atoms with Crippen LogP contribution in [0, 0.1) is 6.92 Å². The minimum absolute atomic E-state index is 0.0784. The van der Waals surface area contributed by atoms with Crippen molar-refractivity contribution in [2.45, 2.75) is 39.2 Å². The van der Waals surface area contributed by atoms with Gasteiger partial charge in [-0.1, -0.05) is 54.4 Å². The highest BCUT2D eigenvalue weighted by Crippen LogP contribution is 2.24. The molecule has 2 rings (SSSR count). The highest BCUT2D eigenvalue weighted by atomic mass is 35.5. The lowest BCUT2D eigenvalue weighted by Crippen LogP contribution is -2.18. The Morgan fingerprint density at radius 1 is 1.14 bits per heavy atom. The molecule has 0 fully saturated rings. The van der Waals surface area contributed by atoms with Crippen molar-refractivity contribution in [2.24, 2.45) is 9.98 Å². The molecular formula is C22H24Cl2N2O2. The average Bonchev–Trinajstić information content (AvgIpc) is 2.69. The highest BCUT2D eigenvalue weighted by molar-refractivity contribution is 6.43. The van der Waals surface area contributed by atoms with Crippen LogP contribution in [0.25, 0.3) is 0 Å². The van der Waals surface area contributed by atoms with Gasteiger partial charge >= 0.3 is 0 Å². The molecule has 0 radical (unpaired) electrons. The maximum Gasteiger partial charge on any atom is 0.157 e. The summed E-state index contributed by atoms with van der Waals surface area (Å²) in [6.45, 7) is 4.22. The zero-order valence-electron chi connectivity index (χ0n) is 16.0. The van der Waals surface area contributed by atoms with E-state index in [4.69, 9.17) is 23.2 Å². The monoisotopic (exact) mass is 418 g/mol. The fraction of sp³-hybridized carbons (Fsp3) is 0.318. The second-order valence-corrected chi connectivity index (χ2v) is 7.23. The summed E-state index contributed by atoms with van der Waals surface area (Å²) in [5, 5.41) is 10.9. The molecule has 148 valence electrons. The number of nitrogens with zero attached hydrogens (tertiary/aromatic N) is 2. The standard InChI is InChI=1S/C22H24Cl2N2O2/c1-3-20(27)19(26-14-16-8-5-10-18(23)21(16)24)11-6-12-25-13-17-9-4-7-15(2)22(17)28/h4-5,7-10,13-14,19,28H,3,6,11-12H2,1-2H3. The van der Waals surface area contributed by atoms with E-state index in [2.05, 4.69) is 9.98 Å². The fourth-order valence-corrected chi connectivity index (χ4v) is 3.03. The fourth-order valence-electron chi connectivity index (χ4n) is 2.67. The predicted octanol–water partition coefficient (Wildman–Crippen LogP) is 5.67. The van der Waals surface area contributed by atoms with Gasteiger partial charge in [0.15, 0.2) is 5.78 Å². The zero-order valence-corrected chi connectivity index (χ0v) is 17.5. The van der Waals surface area contributed by atoms with Crippen LogP contribution in [-0.2, 0) is 4.79 Å². The molecule has 1 N–H and O–H groups in total. The predicted molar refractivity (Wildman–Crippen MR) is 118 cm³/mol. The van der Waals surface area contributed by atoms with Gasteiger partial charge in [-0.3, -0.25) is 14.8 Å². The lowest BCUT2D eigenvalue weighted by molar-refractivity contribution is -0.120. The number of aliphatic imine (C=N–C) groups is 2. The number of phenolic OH excluding ortho intramolecular Hbond substituents is 1. The van der Waals surface area contributed by atoms with Crippen LogP contribution in [0.15, 0.2) is 46.4 Å². The molecule has 6 heteroatoms. The van der Waals surface area contributed by atoms with E-state index in [9.17, 15) is 9.90 Å². The molecule has 0 saturated heterocycles. The van der Waals surface area contributed by atoms with Crippen LogP contribution in [0.4, 0.5) is 0 Å². The summed E-state index contributed by atoms with van der Waals surface area (Å²) >= 11 is 12.2. The van der Waals surface area contributed by atoms with Crippen LogP contribution in [0.3, 0.4) is 0 Å². The number of hydrogen-bond acceptors (Lipinski definition) is 4. The molecule has 0 heterocycles. The Kier molecular flexibility index (Phi) is 8.68. The van der Waals surface area contributed by atoms with Gasteiger partial charge in [0.2, 0.25) is 0 Å². The largest absolute Gasteiger partial charge is 0.507 e. The average molecular weight is 419 g/mol. The van der Waals surface area contributed by atoms with Crippen molar-refractivity contribution in [3.05, 3.63) is 63.1 Å². The summed E-state index contributed by atoms with van der Waals surface area (Å²) in [6, 6.07) is 10.4. The molecule has 0 aliphatic rings. The number of phenols is 1. The van der Waals surface area contributed by atoms with Gasteiger partial charge in [-0.2, -0.15) is 0 Å². The number of aryl methyl sites for hydroxylation is 1. The van der Waals surface area contributed by atoms with Crippen LogP contribution in [0.2, 0.25) is 10.0 Å². The van der Waals surface area contributed by atoms with Crippen LogP contribution in [-0.4, -0.2) is 35.9 Å². The highest BCUT2D eigenvalue weighted by Gasteiger charge is 2.14. The van der Waals surface area contributed by atoms with Crippen molar-refractivity contribution in [1.29, 1.82) is 0 Å². The Balaban J connectivity index is 1.96. The van der Waals surface area contributed by atoms with Crippen molar-refractivity contribution >= 4 is 41.4 Å². The third kappa shape index (κ3) is 6.18. The number of aromatic hydroxyl groups is 1. The first-order valence-corrected chi connectivity index (χ1v) is 9.98. The van der Waals surface area contributed by atoms with E-state index in [0.29, 0.717) is 47.0 Å². The van der Waals surface area contributed by atoms with Gasteiger partial charge in [-0.05, 0) is 37.5 Å². The Morgan fingerprint density at radius 2 is 1.86 bits per heavy atom. The minimum Gasteiger partial charge on any atom is -0.507 e. The molecule has 2 aromatic carbocycles.